The van der Waals surface area contributed by atoms with Crippen LogP contribution in [-0.2, 0) is 0 Å². The number of pyridine rings is 1. The van der Waals surface area contributed by atoms with E-state index in [9.17, 15) is 9.18 Å². The van der Waals surface area contributed by atoms with E-state index in [0.29, 0.717) is 11.3 Å². The van der Waals surface area contributed by atoms with Crippen molar-refractivity contribution in [1.82, 2.24) is 4.98 Å². The molecule has 0 saturated carbocycles. The van der Waals surface area contributed by atoms with Crippen molar-refractivity contribution >= 4 is 5.78 Å². The maximum Gasteiger partial charge on any atom is 0.196 e. The molecule has 0 bridgehead atoms. The zero-order valence-corrected chi connectivity index (χ0v) is 11.0. The number of ketones is 1. The lowest BCUT2D eigenvalue weighted by Crippen LogP contribution is -2.06. The van der Waals surface area contributed by atoms with E-state index in [4.69, 9.17) is 4.74 Å². The van der Waals surface area contributed by atoms with E-state index in [2.05, 4.69) is 4.98 Å². The first-order valence-electron chi connectivity index (χ1n) is 5.85. The summed E-state index contributed by atoms with van der Waals surface area (Å²) in [5.74, 6) is -0.380. The summed E-state index contributed by atoms with van der Waals surface area (Å²) in [5, 5.41) is 0. The summed E-state index contributed by atoms with van der Waals surface area (Å²) >= 11 is 0. The quantitative estimate of drug-likeness (QED) is 0.795. The Labute approximate surface area is 111 Å². The predicted molar refractivity (Wildman–Crippen MR) is 70.1 cm³/mol. The standard InChI is InChI=1S/C15H14FNO2/c1-9-6-11(7-10(2)17-9)15(18)13-8-12(16)4-5-14(13)19-3/h4-8H,1-3H3. The highest BCUT2D eigenvalue weighted by Gasteiger charge is 2.16. The number of ether oxygens (including phenoxy) is 1. The van der Waals surface area contributed by atoms with E-state index >= 15 is 0 Å². The molecule has 0 fully saturated rings. The summed E-state index contributed by atoms with van der Waals surface area (Å²) in [6, 6.07) is 7.26. The Kier molecular flexibility index (Phi) is 3.60. The number of nitrogens with zero attached hydrogens (tertiary/aromatic N) is 1. The number of methoxy groups -OCH3 is 1. The molecule has 0 spiro atoms. The molecule has 4 heteroatoms. The van der Waals surface area contributed by atoms with Crippen LogP contribution >= 0.6 is 0 Å². The Bertz CT molecular complexity index is 618. The minimum Gasteiger partial charge on any atom is -0.496 e. The second kappa shape index (κ2) is 5.18. The van der Waals surface area contributed by atoms with Gasteiger partial charge in [-0.25, -0.2) is 4.39 Å². The number of aryl methyl sites for hydroxylation is 2. The Hall–Kier alpha value is -2.23. The molecule has 0 atom stereocenters. The van der Waals surface area contributed by atoms with Crippen molar-refractivity contribution < 1.29 is 13.9 Å². The highest BCUT2D eigenvalue weighted by Crippen LogP contribution is 2.23. The molecule has 1 heterocycles. The number of carbonyl (C=O) groups excluding carboxylic acids is 1. The lowest BCUT2D eigenvalue weighted by molar-refractivity contribution is 0.103. The van der Waals surface area contributed by atoms with Gasteiger partial charge in [0.05, 0.1) is 12.7 Å². The van der Waals surface area contributed by atoms with Crippen molar-refractivity contribution in [3.63, 3.8) is 0 Å². The highest BCUT2D eigenvalue weighted by atomic mass is 19.1. The zero-order chi connectivity index (χ0) is 14.0. The van der Waals surface area contributed by atoms with Gasteiger partial charge in [-0.15, -0.1) is 0 Å². The van der Waals surface area contributed by atoms with Gasteiger partial charge >= 0.3 is 0 Å². The van der Waals surface area contributed by atoms with Crippen LogP contribution in [-0.4, -0.2) is 17.9 Å². The maximum absolute atomic E-state index is 13.3. The average Bonchev–Trinajstić information content (AvgIpc) is 2.36. The van der Waals surface area contributed by atoms with Crippen LogP contribution in [0.2, 0.25) is 0 Å². The summed E-state index contributed by atoms with van der Waals surface area (Å²) < 4.78 is 18.4. The average molecular weight is 259 g/mol. The van der Waals surface area contributed by atoms with Gasteiger partial charge in [-0.1, -0.05) is 0 Å². The van der Waals surface area contributed by atoms with Crippen molar-refractivity contribution in [3.8, 4) is 5.75 Å². The van der Waals surface area contributed by atoms with Crippen LogP contribution in [0.4, 0.5) is 4.39 Å². The Morgan fingerprint density at radius 3 is 2.37 bits per heavy atom. The van der Waals surface area contributed by atoms with Crippen LogP contribution in [0.15, 0.2) is 30.3 Å². The normalized spacial score (nSPS) is 10.3. The van der Waals surface area contributed by atoms with Gasteiger partial charge in [-0.05, 0) is 44.2 Å². The molecule has 0 saturated heterocycles. The summed E-state index contributed by atoms with van der Waals surface area (Å²) in [5.41, 5.74) is 2.19. The van der Waals surface area contributed by atoms with Crippen LogP contribution < -0.4 is 4.74 Å². The Balaban J connectivity index is 2.52. The number of rotatable bonds is 3. The molecule has 0 aliphatic heterocycles. The number of benzene rings is 1. The zero-order valence-electron chi connectivity index (χ0n) is 11.0. The smallest absolute Gasteiger partial charge is 0.196 e. The second-order valence-electron chi connectivity index (χ2n) is 4.31. The number of hydrogen-bond donors (Lipinski definition) is 0. The molecule has 0 unspecified atom stereocenters. The van der Waals surface area contributed by atoms with Crippen molar-refractivity contribution in [2.24, 2.45) is 0 Å². The molecule has 98 valence electrons. The van der Waals surface area contributed by atoms with E-state index < -0.39 is 5.82 Å². The van der Waals surface area contributed by atoms with Crippen LogP contribution in [0.25, 0.3) is 0 Å². The molecule has 0 N–H and O–H groups in total. The van der Waals surface area contributed by atoms with E-state index in [1.807, 2.05) is 13.8 Å². The summed E-state index contributed by atoms with van der Waals surface area (Å²) in [4.78, 5) is 16.6. The molecule has 2 rings (SSSR count). The number of halogens is 1. The second-order valence-corrected chi connectivity index (χ2v) is 4.31. The summed E-state index contributed by atoms with van der Waals surface area (Å²) in [6.45, 7) is 3.62. The molecule has 1 aromatic heterocycles. The van der Waals surface area contributed by atoms with Gasteiger partial charge in [0.1, 0.15) is 11.6 Å². The highest BCUT2D eigenvalue weighted by molar-refractivity contribution is 6.10. The molecule has 0 radical (unpaired) electrons. The van der Waals surface area contributed by atoms with Gasteiger partial charge in [-0.2, -0.15) is 0 Å². The minimum absolute atomic E-state index is 0.215. The molecule has 19 heavy (non-hydrogen) atoms. The molecule has 1 aromatic carbocycles. The van der Waals surface area contributed by atoms with Crippen LogP contribution in [0.3, 0.4) is 0 Å². The lowest BCUT2D eigenvalue weighted by atomic mass is 10.0. The fourth-order valence-corrected chi connectivity index (χ4v) is 1.98. The minimum atomic E-state index is -0.466. The monoisotopic (exact) mass is 259 g/mol. The topological polar surface area (TPSA) is 39.2 Å². The van der Waals surface area contributed by atoms with Crippen LogP contribution in [0, 0.1) is 19.7 Å². The fraction of sp³-hybridized carbons (Fsp3) is 0.200. The SMILES string of the molecule is COc1ccc(F)cc1C(=O)c1cc(C)nc(C)c1. The predicted octanol–water partition coefficient (Wildman–Crippen LogP) is 3.08. The molecule has 0 aliphatic carbocycles. The van der Waals surface area contributed by atoms with Crippen LogP contribution in [0.5, 0.6) is 5.75 Å². The van der Waals surface area contributed by atoms with E-state index in [0.717, 1.165) is 11.4 Å². The maximum atomic E-state index is 13.3. The number of aromatic nitrogens is 1. The summed E-state index contributed by atoms with van der Waals surface area (Å²) in [6.07, 6.45) is 0. The molecular formula is C15H14FNO2. The molecule has 0 aliphatic rings. The lowest BCUT2D eigenvalue weighted by Gasteiger charge is -2.08. The van der Waals surface area contributed by atoms with Gasteiger partial charge < -0.3 is 4.74 Å². The fourth-order valence-electron chi connectivity index (χ4n) is 1.98. The van der Waals surface area contributed by atoms with Gasteiger partial charge in [0, 0.05) is 17.0 Å². The first-order chi connectivity index (χ1) is 9.01. The van der Waals surface area contributed by atoms with E-state index in [1.54, 1.807) is 12.1 Å². The van der Waals surface area contributed by atoms with Gasteiger partial charge in [-0.3, -0.25) is 9.78 Å². The summed E-state index contributed by atoms with van der Waals surface area (Å²) in [7, 11) is 1.45. The van der Waals surface area contributed by atoms with E-state index in [-0.39, 0.29) is 11.3 Å². The molecule has 2 aromatic rings. The largest absolute Gasteiger partial charge is 0.496 e. The van der Waals surface area contributed by atoms with Gasteiger partial charge in [0.2, 0.25) is 0 Å². The van der Waals surface area contributed by atoms with Gasteiger partial charge in [0.25, 0.3) is 0 Å². The number of carbonyl (C=O) groups is 1. The Morgan fingerprint density at radius 2 is 1.79 bits per heavy atom. The third-order valence-electron chi connectivity index (χ3n) is 2.75. The third kappa shape index (κ3) is 2.78. The first-order valence-corrected chi connectivity index (χ1v) is 5.85. The molecule has 3 nitrogen and oxygen atoms in total. The van der Waals surface area contributed by atoms with Crippen molar-refractivity contribution in [2.45, 2.75) is 13.8 Å². The molecular weight excluding hydrogens is 245 g/mol. The van der Waals surface area contributed by atoms with Crippen molar-refractivity contribution in [1.29, 1.82) is 0 Å². The van der Waals surface area contributed by atoms with Crippen molar-refractivity contribution in [3.05, 3.63) is 58.7 Å². The number of hydrogen-bond acceptors (Lipinski definition) is 3. The molecule has 0 amide bonds. The van der Waals surface area contributed by atoms with Crippen molar-refractivity contribution in [2.75, 3.05) is 7.11 Å². The first kappa shape index (κ1) is 13.2. The Morgan fingerprint density at radius 1 is 1.16 bits per heavy atom. The van der Waals surface area contributed by atoms with Crippen LogP contribution in [0.1, 0.15) is 27.3 Å². The van der Waals surface area contributed by atoms with Gasteiger partial charge in [0.15, 0.2) is 5.78 Å². The third-order valence-corrected chi connectivity index (χ3v) is 2.75. The van der Waals surface area contributed by atoms with E-state index in [1.165, 1.54) is 25.3 Å².